The molecule has 1 fully saturated rings. The minimum atomic E-state index is -0.442. The number of hydrogen-bond acceptors (Lipinski definition) is 7. The molecule has 33 heavy (non-hydrogen) atoms. The summed E-state index contributed by atoms with van der Waals surface area (Å²) in [4.78, 5) is 40.1. The van der Waals surface area contributed by atoms with Crippen molar-refractivity contribution < 1.29 is 14.6 Å². The number of anilines is 3. The van der Waals surface area contributed by atoms with Crippen LogP contribution in [0.2, 0.25) is 0 Å². The SMILES string of the molecule is COC[C@H]1CCCC[C@@H]1Nc1c(Nc2cccc(C(=O)N(C)C)c2O)c(=O)n(C)n(C)c1=O. The van der Waals surface area contributed by atoms with Crippen LogP contribution in [-0.4, -0.2) is 59.1 Å². The summed E-state index contributed by atoms with van der Waals surface area (Å²) in [6, 6.07) is 4.63. The van der Waals surface area contributed by atoms with Crippen LogP contribution >= 0.6 is 0 Å². The van der Waals surface area contributed by atoms with E-state index >= 15 is 0 Å². The van der Waals surface area contributed by atoms with Crippen LogP contribution in [0.25, 0.3) is 0 Å². The van der Waals surface area contributed by atoms with Crippen LogP contribution in [0.1, 0.15) is 36.0 Å². The molecule has 0 spiro atoms. The van der Waals surface area contributed by atoms with Gasteiger partial charge in [0.1, 0.15) is 11.4 Å². The van der Waals surface area contributed by atoms with Gasteiger partial charge in [0.2, 0.25) is 0 Å². The number of phenolic OH excluding ortho intramolecular Hbond substituents is 1. The Morgan fingerprint density at radius 3 is 2.39 bits per heavy atom. The van der Waals surface area contributed by atoms with E-state index in [1.165, 1.54) is 34.4 Å². The molecule has 10 nitrogen and oxygen atoms in total. The Balaban J connectivity index is 2.08. The van der Waals surface area contributed by atoms with Crippen LogP contribution < -0.4 is 21.8 Å². The molecule has 1 aromatic carbocycles. The van der Waals surface area contributed by atoms with E-state index in [0.717, 1.165) is 25.7 Å². The van der Waals surface area contributed by atoms with E-state index in [9.17, 15) is 19.5 Å². The number of phenols is 1. The fourth-order valence-electron chi connectivity index (χ4n) is 4.25. The largest absolute Gasteiger partial charge is 0.505 e. The van der Waals surface area contributed by atoms with Gasteiger partial charge in [-0.05, 0) is 25.0 Å². The van der Waals surface area contributed by atoms with Gasteiger partial charge in [-0.15, -0.1) is 0 Å². The molecule has 0 aliphatic heterocycles. The molecule has 180 valence electrons. The molecule has 3 N–H and O–H groups in total. The van der Waals surface area contributed by atoms with E-state index in [1.54, 1.807) is 33.3 Å². The van der Waals surface area contributed by atoms with Gasteiger partial charge in [0.05, 0.1) is 17.9 Å². The predicted molar refractivity (Wildman–Crippen MR) is 128 cm³/mol. The molecule has 10 heteroatoms. The van der Waals surface area contributed by atoms with Crippen LogP contribution in [-0.2, 0) is 18.8 Å². The maximum Gasteiger partial charge on any atom is 0.290 e. The summed E-state index contributed by atoms with van der Waals surface area (Å²) in [5.41, 5.74) is -0.408. The molecule has 3 rings (SSSR count). The Hall–Kier alpha value is -3.27. The number of ether oxygens (including phenoxy) is 1. The minimum Gasteiger partial charge on any atom is -0.505 e. The highest BCUT2D eigenvalue weighted by atomic mass is 16.5. The lowest BCUT2D eigenvalue weighted by molar-refractivity contribution is 0.0824. The Morgan fingerprint density at radius 2 is 1.76 bits per heavy atom. The molecule has 2 aromatic rings. The van der Waals surface area contributed by atoms with Crippen molar-refractivity contribution in [1.29, 1.82) is 0 Å². The van der Waals surface area contributed by atoms with Crippen LogP contribution in [0.5, 0.6) is 5.75 Å². The van der Waals surface area contributed by atoms with Crippen molar-refractivity contribution in [3.63, 3.8) is 0 Å². The summed E-state index contributed by atoms with van der Waals surface area (Å²) in [5.74, 6) is -0.462. The quantitative estimate of drug-likeness (QED) is 0.541. The average Bonchev–Trinajstić information content (AvgIpc) is 2.80. The second kappa shape index (κ2) is 10.1. The number of nitrogens with one attached hydrogen (secondary N) is 2. The van der Waals surface area contributed by atoms with Gasteiger partial charge in [0, 0.05) is 47.3 Å². The number of methoxy groups -OCH3 is 1. The van der Waals surface area contributed by atoms with Crippen molar-refractivity contribution in [3.8, 4) is 5.75 Å². The van der Waals surface area contributed by atoms with Gasteiger partial charge in [0.15, 0.2) is 5.75 Å². The standard InChI is InChI=1S/C23H33N5O5/c1-26(2)21(30)15-10-8-12-17(20(15)29)25-19-18(22(31)27(3)28(4)23(19)32)24-16-11-7-6-9-14(16)13-33-5/h8,10,12,14,16,24-25,29H,6-7,9,11,13H2,1-5H3/t14-,16+/m1/s1. The molecule has 0 radical (unpaired) electrons. The number of rotatable bonds is 7. The predicted octanol–water partition coefficient (Wildman–Crippen LogP) is 1.85. The number of carbonyl (C=O) groups excluding carboxylic acids is 1. The number of nitrogens with zero attached hydrogens (tertiary/aromatic N) is 3. The molecule has 1 aromatic heterocycles. The first-order valence-electron chi connectivity index (χ1n) is 11.0. The van der Waals surface area contributed by atoms with Crippen molar-refractivity contribution in [1.82, 2.24) is 14.3 Å². The lowest BCUT2D eigenvalue weighted by Gasteiger charge is -2.33. The van der Waals surface area contributed by atoms with Crippen LogP contribution in [0, 0.1) is 5.92 Å². The minimum absolute atomic E-state index is 0.0205. The number of aromatic hydroxyl groups is 1. The van der Waals surface area contributed by atoms with Gasteiger partial charge < -0.3 is 25.4 Å². The van der Waals surface area contributed by atoms with Gasteiger partial charge >= 0.3 is 0 Å². The van der Waals surface area contributed by atoms with Crippen molar-refractivity contribution in [2.75, 3.05) is 38.4 Å². The first-order chi connectivity index (χ1) is 15.7. The van der Waals surface area contributed by atoms with E-state index in [0.29, 0.717) is 6.61 Å². The summed E-state index contributed by atoms with van der Waals surface area (Å²) < 4.78 is 7.82. The highest BCUT2D eigenvalue weighted by Crippen LogP contribution is 2.33. The van der Waals surface area contributed by atoms with Gasteiger partial charge in [-0.3, -0.25) is 14.4 Å². The molecule has 0 unspecified atom stereocenters. The smallest absolute Gasteiger partial charge is 0.290 e. The molecule has 0 bridgehead atoms. The molecular formula is C23H33N5O5. The second-order valence-electron chi connectivity index (χ2n) is 8.68. The lowest BCUT2D eigenvalue weighted by Crippen LogP contribution is -2.42. The summed E-state index contributed by atoms with van der Waals surface area (Å²) in [6.07, 6.45) is 3.92. The molecule has 1 aliphatic rings. The zero-order chi connectivity index (χ0) is 24.3. The number of amides is 1. The summed E-state index contributed by atoms with van der Waals surface area (Å²) in [6.45, 7) is 0.557. The number of carbonyl (C=O) groups is 1. The lowest BCUT2D eigenvalue weighted by atomic mass is 9.85. The molecule has 2 atom stereocenters. The third-order valence-electron chi connectivity index (χ3n) is 6.27. The highest BCUT2D eigenvalue weighted by molar-refractivity contribution is 5.98. The van der Waals surface area contributed by atoms with Crippen LogP contribution in [0.4, 0.5) is 17.1 Å². The Kier molecular flexibility index (Phi) is 7.47. The zero-order valence-electron chi connectivity index (χ0n) is 19.8. The molecule has 1 saturated carbocycles. The van der Waals surface area contributed by atoms with Crippen LogP contribution in [0.15, 0.2) is 27.8 Å². The molecule has 1 heterocycles. The molecule has 1 amide bonds. The zero-order valence-corrected chi connectivity index (χ0v) is 19.8. The van der Waals surface area contributed by atoms with Crippen molar-refractivity contribution in [3.05, 3.63) is 44.5 Å². The Morgan fingerprint density at radius 1 is 1.12 bits per heavy atom. The fourth-order valence-corrected chi connectivity index (χ4v) is 4.25. The first-order valence-corrected chi connectivity index (χ1v) is 11.0. The molecule has 1 aliphatic carbocycles. The Labute approximate surface area is 192 Å². The monoisotopic (exact) mass is 459 g/mol. The van der Waals surface area contributed by atoms with Gasteiger partial charge in [-0.25, -0.2) is 9.36 Å². The molecule has 0 saturated heterocycles. The number of para-hydroxylation sites is 1. The van der Waals surface area contributed by atoms with Crippen molar-refractivity contribution in [2.24, 2.45) is 20.0 Å². The van der Waals surface area contributed by atoms with Crippen molar-refractivity contribution >= 4 is 23.0 Å². The summed E-state index contributed by atoms with van der Waals surface area (Å²) >= 11 is 0. The van der Waals surface area contributed by atoms with E-state index in [4.69, 9.17) is 4.74 Å². The number of benzene rings is 1. The summed E-state index contributed by atoms with van der Waals surface area (Å²) in [5, 5.41) is 17.0. The van der Waals surface area contributed by atoms with E-state index < -0.39 is 5.56 Å². The maximum absolute atomic E-state index is 13.2. The van der Waals surface area contributed by atoms with E-state index in [1.807, 2.05) is 0 Å². The molecular weight excluding hydrogens is 426 g/mol. The normalized spacial score (nSPS) is 18.1. The Bertz CT molecular complexity index is 1140. The van der Waals surface area contributed by atoms with Gasteiger partial charge in [-0.1, -0.05) is 18.9 Å². The third-order valence-corrected chi connectivity index (χ3v) is 6.27. The highest BCUT2D eigenvalue weighted by Gasteiger charge is 2.28. The number of hydrogen-bond donors (Lipinski definition) is 3. The second-order valence-corrected chi connectivity index (χ2v) is 8.68. The topological polar surface area (TPSA) is 118 Å². The van der Waals surface area contributed by atoms with E-state index in [2.05, 4.69) is 10.6 Å². The van der Waals surface area contributed by atoms with Crippen LogP contribution in [0.3, 0.4) is 0 Å². The van der Waals surface area contributed by atoms with Crippen molar-refractivity contribution in [2.45, 2.75) is 31.7 Å². The fraction of sp³-hybridized carbons (Fsp3) is 0.522. The third kappa shape index (κ3) is 4.90. The first kappa shape index (κ1) is 24.4. The van der Waals surface area contributed by atoms with Gasteiger partial charge in [-0.2, -0.15) is 0 Å². The maximum atomic E-state index is 13.2. The van der Waals surface area contributed by atoms with Gasteiger partial charge in [0.25, 0.3) is 17.0 Å². The summed E-state index contributed by atoms with van der Waals surface area (Å²) in [7, 11) is 7.85. The number of aromatic nitrogens is 2. The average molecular weight is 460 g/mol. The van der Waals surface area contributed by atoms with E-state index in [-0.39, 0.29) is 51.8 Å².